The number of rotatable bonds is 3. The summed E-state index contributed by atoms with van der Waals surface area (Å²) in [5.41, 5.74) is 0.760. The maximum Gasteiger partial charge on any atom is 0.418 e. The van der Waals surface area contributed by atoms with Gasteiger partial charge in [0.15, 0.2) is 0 Å². The first kappa shape index (κ1) is 20.5. The van der Waals surface area contributed by atoms with Gasteiger partial charge in [0, 0.05) is 22.9 Å². The lowest BCUT2D eigenvalue weighted by molar-refractivity contribution is -0.138. The Morgan fingerprint density at radius 3 is 2.73 bits per heavy atom. The Morgan fingerprint density at radius 1 is 1.23 bits per heavy atom. The van der Waals surface area contributed by atoms with Gasteiger partial charge in [-0.15, -0.1) is 11.8 Å². The molecule has 0 N–H and O–H groups in total. The molecule has 0 saturated carbocycles. The zero-order valence-electron chi connectivity index (χ0n) is 16.1. The summed E-state index contributed by atoms with van der Waals surface area (Å²) in [5, 5.41) is 10.3. The normalized spacial score (nSPS) is 13.8. The Labute approximate surface area is 174 Å². The maximum absolute atomic E-state index is 13.8. The molecule has 3 aromatic rings. The summed E-state index contributed by atoms with van der Waals surface area (Å²) in [6.45, 7) is 1.90. The van der Waals surface area contributed by atoms with Crippen molar-refractivity contribution in [2.24, 2.45) is 0 Å². The van der Waals surface area contributed by atoms with Crippen LogP contribution in [-0.4, -0.2) is 4.98 Å². The highest BCUT2D eigenvalue weighted by molar-refractivity contribution is 7.98. The minimum absolute atomic E-state index is 0.0551. The van der Waals surface area contributed by atoms with E-state index in [-0.39, 0.29) is 22.8 Å². The number of aromatic nitrogens is 1. The fraction of sp³-hybridized carbons (Fsp3) is 0.318. The van der Waals surface area contributed by atoms with Crippen LogP contribution in [0.5, 0.6) is 0 Å². The van der Waals surface area contributed by atoms with Crippen molar-refractivity contribution in [1.29, 1.82) is 5.26 Å². The molecular weight excluding hydrogens is 413 g/mol. The summed E-state index contributed by atoms with van der Waals surface area (Å²) >= 11 is 1.04. The molecule has 0 saturated heterocycles. The topological polar surface area (TPSA) is 66.9 Å². The van der Waals surface area contributed by atoms with Crippen molar-refractivity contribution in [3.8, 4) is 6.07 Å². The molecule has 0 amide bonds. The van der Waals surface area contributed by atoms with Crippen molar-refractivity contribution >= 4 is 22.7 Å². The SMILES string of the molecule is Cc1ccc2oc(=O)cc(CSc3nc4c(c(C(F)(F)F)c3C#N)CCCC4)c2c1. The molecule has 30 heavy (non-hydrogen) atoms. The predicted octanol–water partition coefficient (Wildman–Crippen LogP) is 5.56. The van der Waals surface area contributed by atoms with E-state index in [9.17, 15) is 23.2 Å². The average Bonchev–Trinajstić information content (AvgIpc) is 2.70. The summed E-state index contributed by atoms with van der Waals surface area (Å²) in [5.74, 6) is 0.198. The van der Waals surface area contributed by atoms with E-state index in [2.05, 4.69) is 4.98 Å². The number of halogens is 3. The van der Waals surface area contributed by atoms with Crippen molar-refractivity contribution in [2.45, 2.75) is 49.6 Å². The van der Waals surface area contributed by atoms with E-state index in [1.807, 2.05) is 19.1 Å². The summed E-state index contributed by atoms with van der Waals surface area (Å²) in [6, 6.07) is 8.44. The number of aryl methyl sites for hydroxylation is 2. The molecule has 0 fully saturated rings. The number of hydrogen-bond donors (Lipinski definition) is 0. The van der Waals surface area contributed by atoms with Gasteiger partial charge in [0.05, 0.1) is 11.1 Å². The monoisotopic (exact) mass is 430 g/mol. The summed E-state index contributed by atoms with van der Waals surface area (Å²) in [7, 11) is 0. The largest absolute Gasteiger partial charge is 0.423 e. The molecule has 2 aromatic heterocycles. The summed E-state index contributed by atoms with van der Waals surface area (Å²) < 4.78 is 46.7. The summed E-state index contributed by atoms with van der Waals surface area (Å²) in [4.78, 5) is 16.3. The van der Waals surface area contributed by atoms with Crippen molar-refractivity contribution < 1.29 is 17.6 Å². The Hall–Kier alpha value is -2.79. The molecule has 0 radical (unpaired) electrons. The molecular formula is C22H17F3N2O2S. The molecule has 154 valence electrons. The highest BCUT2D eigenvalue weighted by atomic mass is 32.2. The third-order valence-corrected chi connectivity index (χ3v) is 6.21. The van der Waals surface area contributed by atoms with Gasteiger partial charge < -0.3 is 4.42 Å². The molecule has 1 aromatic carbocycles. The van der Waals surface area contributed by atoms with E-state index in [1.54, 1.807) is 12.1 Å². The number of hydrogen-bond acceptors (Lipinski definition) is 5. The first-order chi connectivity index (χ1) is 14.3. The van der Waals surface area contributed by atoms with Crippen LogP contribution in [0.1, 0.15) is 46.4 Å². The van der Waals surface area contributed by atoms with Crippen LogP contribution < -0.4 is 5.63 Å². The number of alkyl halides is 3. The van der Waals surface area contributed by atoms with Gasteiger partial charge in [-0.1, -0.05) is 11.6 Å². The van der Waals surface area contributed by atoms with Gasteiger partial charge in [-0.2, -0.15) is 18.4 Å². The molecule has 4 nitrogen and oxygen atoms in total. The van der Waals surface area contributed by atoms with E-state index in [4.69, 9.17) is 4.42 Å². The standard InChI is InChI=1S/C22H17F3N2O2S/c1-12-6-7-18-15(8-12)13(9-19(28)29-18)11-30-21-16(10-26)20(22(23,24)25)14-4-2-3-5-17(14)27-21/h6-9H,2-5,11H2,1H3. The van der Waals surface area contributed by atoms with Gasteiger partial charge in [-0.05, 0) is 55.9 Å². The molecule has 2 heterocycles. The zero-order chi connectivity index (χ0) is 21.5. The Bertz CT molecular complexity index is 1240. The second-order valence-electron chi connectivity index (χ2n) is 7.29. The van der Waals surface area contributed by atoms with Gasteiger partial charge in [0.2, 0.25) is 0 Å². The highest BCUT2D eigenvalue weighted by Crippen LogP contribution is 2.41. The van der Waals surface area contributed by atoms with Crippen LogP contribution in [-0.2, 0) is 24.8 Å². The van der Waals surface area contributed by atoms with Crippen molar-refractivity contribution in [1.82, 2.24) is 4.98 Å². The van der Waals surface area contributed by atoms with E-state index in [0.717, 1.165) is 29.1 Å². The third kappa shape index (κ3) is 3.82. The quantitative estimate of drug-likeness (QED) is 0.402. The minimum atomic E-state index is -4.62. The second-order valence-corrected chi connectivity index (χ2v) is 8.25. The Morgan fingerprint density at radius 2 is 2.00 bits per heavy atom. The van der Waals surface area contributed by atoms with Gasteiger partial charge in [-0.25, -0.2) is 9.78 Å². The van der Waals surface area contributed by atoms with Crippen LogP contribution >= 0.6 is 11.8 Å². The van der Waals surface area contributed by atoms with E-state index < -0.39 is 22.9 Å². The zero-order valence-corrected chi connectivity index (χ0v) is 16.9. The van der Waals surface area contributed by atoms with Gasteiger partial charge >= 0.3 is 11.8 Å². The maximum atomic E-state index is 13.8. The lowest BCUT2D eigenvalue weighted by atomic mass is 9.90. The number of benzene rings is 1. The van der Waals surface area contributed by atoms with Crippen molar-refractivity contribution in [3.05, 3.63) is 68.2 Å². The molecule has 0 spiro atoms. The molecule has 4 rings (SSSR count). The molecule has 1 aliphatic carbocycles. The smallest absolute Gasteiger partial charge is 0.418 e. The van der Waals surface area contributed by atoms with Crippen LogP contribution in [0.2, 0.25) is 0 Å². The number of thioether (sulfide) groups is 1. The third-order valence-electron chi connectivity index (χ3n) is 5.18. The number of nitrogens with zero attached hydrogens (tertiary/aromatic N) is 2. The minimum Gasteiger partial charge on any atom is -0.423 e. The number of nitriles is 1. The predicted molar refractivity (Wildman–Crippen MR) is 107 cm³/mol. The van der Waals surface area contributed by atoms with E-state index in [1.165, 1.54) is 6.07 Å². The first-order valence-electron chi connectivity index (χ1n) is 9.47. The Kier molecular flexibility index (Phi) is 5.33. The molecule has 1 aliphatic rings. The molecule has 0 atom stereocenters. The van der Waals surface area contributed by atoms with Crippen LogP contribution in [0, 0.1) is 18.3 Å². The number of fused-ring (bicyclic) bond motifs is 2. The van der Waals surface area contributed by atoms with Crippen LogP contribution in [0.4, 0.5) is 13.2 Å². The summed E-state index contributed by atoms with van der Waals surface area (Å²) in [6.07, 6.45) is -2.45. The molecule has 0 aliphatic heterocycles. The lowest BCUT2D eigenvalue weighted by Crippen LogP contribution is -2.19. The van der Waals surface area contributed by atoms with E-state index >= 15 is 0 Å². The van der Waals surface area contributed by atoms with Crippen molar-refractivity contribution in [2.75, 3.05) is 0 Å². The fourth-order valence-corrected chi connectivity index (χ4v) is 4.84. The lowest BCUT2D eigenvalue weighted by Gasteiger charge is -2.23. The van der Waals surface area contributed by atoms with Gasteiger partial charge in [0.25, 0.3) is 0 Å². The van der Waals surface area contributed by atoms with E-state index in [0.29, 0.717) is 29.7 Å². The van der Waals surface area contributed by atoms with Crippen molar-refractivity contribution in [3.63, 3.8) is 0 Å². The fourth-order valence-electron chi connectivity index (χ4n) is 3.85. The second kappa shape index (κ2) is 7.80. The van der Waals surface area contributed by atoms with Crippen LogP contribution in [0.25, 0.3) is 11.0 Å². The van der Waals surface area contributed by atoms with Crippen LogP contribution in [0.15, 0.2) is 38.5 Å². The Balaban J connectivity index is 1.80. The first-order valence-corrected chi connectivity index (χ1v) is 10.5. The van der Waals surface area contributed by atoms with Gasteiger partial charge in [-0.3, -0.25) is 0 Å². The highest BCUT2D eigenvalue weighted by Gasteiger charge is 2.39. The number of pyridine rings is 1. The molecule has 0 bridgehead atoms. The molecule has 0 unspecified atom stereocenters. The average molecular weight is 430 g/mol. The van der Waals surface area contributed by atoms with Crippen LogP contribution in [0.3, 0.4) is 0 Å². The molecule has 8 heteroatoms. The van der Waals surface area contributed by atoms with Gasteiger partial charge in [0.1, 0.15) is 16.7 Å².